The van der Waals surface area contributed by atoms with Crippen molar-refractivity contribution in [1.29, 1.82) is 0 Å². The maximum atomic E-state index is 13.6. The third-order valence-electron chi connectivity index (χ3n) is 5.06. The van der Waals surface area contributed by atoms with Crippen LogP contribution in [-0.2, 0) is 0 Å². The molecule has 2 aromatic heterocycles. The van der Waals surface area contributed by atoms with Crippen LogP contribution in [0.1, 0.15) is 12.5 Å². The van der Waals surface area contributed by atoms with Crippen molar-refractivity contribution in [2.45, 2.75) is 19.9 Å². The fraction of sp³-hybridized carbons (Fsp3) is 0.286. The van der Waals surface area contributed by atoms with Gasteiger partial charge in [0.2, 0.25) is 5.95 Å². The molecule has 0 spiro atoms. The highest BCUT2D eigenvalue weighted by Crippen LogP contribution is 2.29. The van der Waals surface area contributed by atoms with Crippen LogP contribution in [0.15, 0.2) is 42.6 Å². The van der Waals surface area contributed by atoms with Gasteiger partial charge in [-0.15, -0.1) is 0 Å². The molecule has 4 rings (SSSR count). The molecule has 29 heavy (non-hydrogen) atoms. The monoisotopic (exact) mass is 431 g/mol. The van der Waals surface area contributed by atoms with E-state index in [1.165, 1.54) is 6.07 Å². The quantitative estimate of drug-likeness (QED) is 0.545. The van der Waals surface area contributed by atoms with E-state index < -0.39 is 0 Å². The first-order valence-corrected chi connectivity index (χ1v) is 10.1. The summed E-state index contributed by atoms with van der Waals surface area (Å²) >= 11 is 12.6. The third-order valence-corrected chi connectivity index (χ3v) is 5.55. The van der Waals surface area contributed by atoms with Gasteiger partial charge in [0.25, 0.3) is 0 Å². The molecule has 3 heterocycles. The molecule has 1 aliphatic heterocycles. The highest BCUT2D eigenvalue weighted by Gasteiger charge is 2.28. The lowest BCUT2D eigenvalue weighted by Gasteiger charge is -2.40. The van der Waals surface area contributed by atoms with Crippen molar-refractivity contribution in [3.63, 3.8) is 0 Å². The summed E-state index contributed by atoms with van der Waals surface area (Å²) in [6.45, 7) is 6.01. The lowest BCUT2D eigenvalue weighted by atomic mass is 10.1. The molecule has 0 amide bonds. The van der Waals surface area contributed by atoms with E-state index in [1.807, 2.05) is 12.1 Å². The van der Waals surface area contributed by atoms with E-state index >= 15 is 0 Å². The summed E-state index contributed by atoms with van der Waals surface area (Å²) in [4.78, 5) is 17.8. The van der Waals surface area contributed by atoms with Gasteiger partial charge < -0.3 is 9.80 Å². The van der Waals surface area contributed by atoms with E-state index in [9.17, 15) is 4.39 Å². The zero-order valence-electron chi connectivity index (χ0n) is 16.1. The van der Waals surface area contributed by atoms with Crippen molar-refractivity contribution in [2.24, 2.45) is 0 Å². The Labute approximate surface area is 179 Å². The van der Waals surface area contributed by atoms with Gasteiger partial charge in [-0.25, -0.2) is 19.3 Å². The summed E-state index contributed by atoms with van der Waals surface area (Å²) in [5, 5.41) is 0.996. The van der Waals surface area contributed by atoms with Gasteiger partial charge in [-0.05, 0) is 49.7 Å². The molecule has 1 unspecified atom stereocenters. The number of benzene rings is 1. The maximum absolute atomic E-state index is 13.6. The standard InChI is InChI=1S/C21H20Cl2FN5/c1-13-10-15(5-6-17(13)24)18-11-19(23)27-21(26-18)29-9-8-28(12-14(29)2)20-16(22)4-3-7-25-20/h3-7,10-11,14H,8-9,12H2,1-2H3. The minimum absolute atomic E-state index is 0.128. The number of pyridine rings is 1. The van der Waals surface area contributed by atoms with Crippen molar-refractivity contribution in [1.82, 2.24) is 15.0 Å². The SMILES string of the molecule is Cc1cc(-c2cc(Cl)nc(N3CCN(c4ncccc4Cl)CC3C)n2)ccc1F. The highest BCUT2D eigenvalue weighted by molar-refractivity contribution is 6.32. The third kappa shape index (κ3) is 4.14. The lowest BCUT2D eigenvalue weighted by Crippen LogP contribution is -2.53. The van der Waals surface area contributed by atoms with Crippen LogP contribution < -0.4 is 9.80 Å². The van der Waals surface area contributed by atoms with Gasteiger partial charge in [0.1, 0.15) is 16.8 Å². The molecule has 1 atom stereocenters. The molecule has 0 bridgehead atoms. The number of aromatic nitrogens is 3. The van der Waals surface area contributed by atoms with Crippen molar-refractivity contribution < 1.29 is 4.39 Å². The molecule has 150 valence electrons. The van der Waals surface area contributed by atoms with Crippen molar-refractivity contribution >= 4 is 35.0 Å². The molecule has 0 radical (unpaired) electrons. The number of hydrogen-bond acceptors (Lipinski definition) is 5. The van der Waals surface area contributed by atoms with Crippen LogP contribution in [0.4, 0.5) is 16.2 Å². The Balaban J connectivity index is 1.60. The van der Waals surface area contributed by atoms with Crippen LogP contribution in [-0.4, -0.2) is 40.6 Å². The average Bonchev–Trinajstić information content (AvgIpc) is 2.70. The Morgan fingerprint density at radius 1 is 1.10 bits per heavy atom. The molecule has 1 aliphatic rings. The summed E-state index contributed by atoms with van der Waals surface area (Å²) in [7, 11) is 0. The largest absolute Gasteiger partial charge is 0.352 e. The Bertz CT molecular complexity index is 1050. The number of halogens is 3. The van der Waals surface area contributed by atoms with Gasteiger partial charge in [0.15, 0.2) is 0 Å². The summed E-state index contributed by atoms with van der Waals surface area (Å²) < 4.78 is 13.6. The molecule has 8 heteroatoms. The number of anilines is 2. The van der Waals surface area contributed by atoms with Crippen LogP contribution in [0, 0.1) is 12.7 Å². The fourth-order valence-electron chi connectivity index (χ4n) is 3.54. The number of nitrogens with zero attached hydrogens (tertiary/aromatic N) is 5. The molecule has 1 fully saturated rings. The van der Waals surface area contributed by atoms with E-state index in [2.05, 4.69) is 26.7 Å². The second-order valence-electron chi connectivity index (χ2n) is 7.14. The molecular weight excluding hydrogens is 412 g/mol. The Morgan fingerprint density at radius 2 is 1.93 bits per heavy atom. The normalized spacial score (nSPS) is 16.9. The predicted octanol–water partition coefficient (Wildman–Crippen LogP) is 5.01. The molecular formula is C21H20Cl2FN5. The average molecular weight is 432 g/mol. The van der Waals surface area contributed by atoms with Gasteiger partial charge >= 0.3 is 0 Å². The van der Waals surface area contributed by atoms with Gasteiger partial charge in [-0.1, -0.05) is 23.2 Å². The number of hydrogen-bond donors (Lipinski definition) is 0. The lowest BCUT2D eigenvalue weighted by molar-refractivity contribution is 0.537. The number of piperazine rings is 1. The zero-order chi connectivity index (χ0) is 20.5. The molecule has 5 nitrogen and oxygen atoms in total. The fourth-order valence-corrected chi connectivity index (χ4v) is 3.96. The van der Waals surface area contributed by atoms with Gasteiger partial charge in [-0.3, -0.25) is 0 Å². The maximum Gasteiger partial charge on any atom is 0.227 e. The summed E-state index contributed by atoms with van der Waals surface area (Å²) in [5.74, 6) is 1.11. The molecule has 1 aromatic carbocycles. The first kappa shape index (κ1) is 19.9. The Hall–Kier alpha value is -2.44. The van der Waals surface area contributed by atoms with Gasteiger partial charge in [0, 0.05) is 43.5 Å². The number of rotatable bonds is 3. The Morgan fingerprint density at radius 3 is 2.66 bits per heavy atom. The van der Waals surface area contributed by atoms with E-state index in [0.29, 0.717) is 33.9 Å². The van der Waals surface area contributed by atoms with Crippen molar-refractivity contribution in [2.75, 3.05) is 29.4 Å². The first-order chi connectivity index (χ1) is 13.9. The number of aryl methyl sites for hydroxylation is 1. The molecule has 0 N–H and O–H groups in total. The minimum atomic E-state index is -0.243. The van der Waals surface area contributed by atoms with Crippen molar-refractivity contribution in [3.8, 4) is 11.3 Å². The van der Waals surface area contributed by atoms with Crippen LogP contribution in [0.5, 0.6) is 0 Å². The van der Waals surface area contributed by atoms with Gasteiger partial charge in [-0.2, -0.15) is 0 Å². The smallest absolute Gasteiger partial charge is 0.227 e. The van der Waals surface area contributed by atoms with Crippen molar-refractivity contribution in [3.05, 3.63) is 64.2 Å². The van der Waals surface area contributed by atoms with E-state index in [4.69, 9.17) is 28.2 Å². The second-order valence-corrected chi connectivity index (χ2v) is 7.93. The summed E-state index contributed by atoms with van der Waals surface area (Å²) in [6.07, 6.45) is 1.75. The van der Waals surface area contributed by atoms with E-state index in [1.54, 1.807) is 31.3 Å². The molecule has 0 aliphatic carbocycles. The topological polar surface area (TPSA) is 45.2 Å². The highest BCUT2D eigenvalue weighted by atomic mass is 35.5. The van der Waals surface area contributed by atoms with Crippen LogP contribution in [0.2, 0.25) is 10.2 Å². The Kier molecular flexibility index (Phi) is 5.56. The van der Waals surface area contributed by atoms with Crippen LogP contribution in [0.3, 0.4) is 0 Å². The van der Waals surface area contributed by atoms with E-state index in [-0.39, 0.29) is 11.9 Å². The van der Waals surface area contributed by atoms with Gasteiger partial charge in [0.05, 0.1) is 10.7 Å². The van der Waals surface area contributed by atoms with Crippen LogP contribution in [0.25, 0.3) is 11.3 Å². The zero-order valence-corrected chi connectivity index (χ0v) is 17.6. The predicted molar refractivity (Wildman–Crippen MR) is 115 cm³/mol. The molecule has 3 aromatic rings. The molecule has 1 saturated heterocycles. The minimum Gasteiger partial charge on any atom is -0.352 e. The van der Waals surface area contributed by atoms with Crippen LogP contribution >= 0.6 is 23.2 Å². The van der Waals surface area contributed by atoms with E-state index in [0.717, 1.165) is 24.5 Å². The second kappa shape index (κ2) is 8.13. The summed E-state index contributed by atoms with van der Waals surface area (Å²) in [5.41, 5.74) is 2.04. The first-order valence-electron chi connectivity index (χ1n) is 9.35. The summed E-state index contributed by atoms with van der Waals surface area (Å²) in [6, 6.07) is 10.4. The molecule has 0 saturated carbocycles.